The van der Waals surface area contributed by atoms with Gasteiger partial charge in [0.15, 0.2) is 11.6 Å². The molecule has 0 saturated heterocycles. The van der Waals surface area contributed by atoms with E-state index in [2.05, 4.69) is 0 Å². The molecule has 0 amide bonds. The Hall–Kier alpha value is -3.15. The molecule has 0 aromatic heterocycles. The Kier molecular flexibility index (Phi) is 6.00. The second kappa shape index (κ2) is 8.03. The minimum Gasteiger partial charge on any atom is -0.507 e. The highest BCUT2D eigenvalue weighted by Crippen LogP contribution is 2.41. The van der Waals surface area contributed by atoms with E-state index in [1.54, 1.807) is 13.8 Å². The third kappa shape index (κ3) is 4.53. The van der Waals surface area contributed by atoms with Gasteiger partial charge in [0.2, 0.25) is 0 Å². The molecule has 6 heteroatoms. The molecular formula is C21H22O6. The molecule has 2 N–H and O–H groups in total. The Morgan fingerprint density at radius 1 is 1.04 bits per heavy atom. The molecule has 2 rings (SSSR count). The van der Waals surface area contributed by atoms with E-state index in [9.17, 15) is 24.6 Å². The summed E-state index contributed by atoms with van der Waals surface area (Å²) in [4.78, 5) is 36.2. The van der Waals surface area contributed by atoms with Gasteiger partial charge in [-0.1, -0.05) is 17.2 Å². The Labute approximate surface area is 157 Å². The molecule has 0 fully saturated rings. The normalized spacial score (nSPS) is 13.6. The first-order chi connectivity index (χ1) is 12.6. The van der Waals surface area contributed by atoms with Crippen LogP contribution in [-0.2, 0) is 9.53 Å². The SMILES string of the molecule is CC(C)=CC[C@@H](OC(=O)C=C(C)C)c1cc(O)c2c(c1O)C(=O)C=CC2=O. The number of carbonyl (C=O) groups is 3. The zero-order valence-corrected chi connectivity index (χ0v) is 15.7. The lowest BCUT2D eigenvalue weighted by Gasteiger charge is -2.21. The third-order valence-corrected chi connectivity index (χ3v) is 3.94. The van der Waals surface area contributed by atoms with Gasteiger partial charge >= 0.3 is 5.97 Å². The number of esters is 1. The van der Waals surface area contributed by atoms with Gasteiger partial charge in [-0.25, -0.2) is 4.79 Å². The number of phenolic OH excluding ortho intramolecular Hbond substituents is 2. The molecule has 6 nitrogen and oxygen atoms in total. The summed E-state index contributed by atoms with van der Waals surface area (Å²) in [6, 6.07) is 1.16. The van der Waals surface area contributed by atoms with Crippen LogP contribution in [0.2, 0.25) is 0 Å². The molecule has 0 saturated carbocycles. The van der Waals surface area contributed by atoms with Crippen molar-refractivity contribution in [2.45, 2.75) is 40.2 Å². The molecule has 1 atom stereocenters. The summed E-state index contributed by atoms with van der Waals surface area (Å²) in [5.41, 5.74) is 1.24. The number of ether oxygens (including phenoxy) is 1. The Balaban J connectivity index is 2.57. The first kappa shape index (κ1) is 20.2. The van der Waals surface area contributed by atoms with Crippen LogP contribution in [0.3, 0.4) is 0 Å². The van der Waals surface area contributed by atoms with Crippen molar-refractivity contribution in [2.75, 3.05) is 0 Å². The number of benzene rings is 1. The van der Waals surface area contributed by atoms with Crippen molar-refractivity contribution < 1.29 is 29.3 Å². The Morgan fingerprint density at radius 3 is 2.19 bits per heavy atom. The summed E-state index contributed by atoms with van der Waals surface area (Å²) in [6.45, 7) is 7.22. The van der Waals surface area contributed by atoms with Crippen molar-refractivity contribution in [3.05, 3.63) is 58.2 Å². The minimum atomic E-state index is -0.937. The van der Waals surface area contributed by atoms with E-state index in [4.69, 9.17) is 4.74 Å². The fraction of sp³-hybridized carbons (Fsp3) is 0.286. The molecule has 0 bridgehead atoms. The van der Waals surface area contributed by atoms with E-state index in [-0.39, 0.29) is 23.1 Å². The average molecular weight is 370 g/mol. The molecule has 0 heterocycles. The van der Waals surface area contributed by atoms with Gasteiger partial charge in [-0.2, -0.15) is 0 Å². The molecule has 1 aromatic carbocycles. The third-order valence-electron chi connectivity index (χ3n) is 3.94. The van der Waals surface area contributed by atoms with Crippen LogP contribution in [-0.4, -0.2) is 27.7 Å². The number of phenols is 2. The number of allylic oxidation sites excluding steroid dienone is 4. The zero-order chi connectivity index (χ0) is 20.3. The highest BCUT2D eigenvalue weighted by molar-refractivity contribution is 6.24. The van der Waals surface area contributed by atoms with Gasteiger partial charge in [0.25, 0.3) is 0 Å². The van der Waals surface area contributed by atoms with Gasteiger partial charge in [0, 0.05) is 18.1 Å². The van der Waals surface area contributed by atoms with Crippen LogP contribution in [0.4, 0.5) is 0 Å². The second-order valence-electron chi connectivity index (χ2n) is 6.81. The predicted octanol–water partition coefficient (Wildman–Crippen LogP) is 3.94. The number of ketones is 2. The van der Waals surface area contributed by atoms with Crippen LogP contribution in [0.5, 0.6) is 11.5 Å². The van der Waals surface area contributed by atoms with Gasteiger partial charge in [-0.15, -0.1) is 0 Å². The monoisotopic (exact) mass is 370 g/mol. The maximum absolute atomic E-state index is 12.2. The summed E-state index contributed by atoms with van der Waals surface area (Å²) in [5.74, 6) is -2.70. The minimum absolute atomic E-state index is 0.0655. The van der Waals surface area contributed by atoms with Crippen molar-refractivity contribution in [3.8, 4) is 11.5 Å². The van der Waals surface area contributed by atoms with Crippen LogP contribution in [0.15, 0.2) is 41.5 Å². The molecule has 1 aliphatic rings. The molecule has 1 aromatic rings. The molecular weight excluding hydrogens is 348 g/mol. The first-order valence-electron chi connectivity index (χ1n) is 8.46. The van der Waals surface area contributed by atoms with E-state index in [0.29, 0.717) is 0 Å². The molecule has 27 heavy (non-hydrogen) atoms. The lowest BCUT2D eigenvalue weighted by atomic mass is 9.89. The van der Waals surface area contributed by atoms with Gasteiger partial charge in [0.05, 0.1) is 11.1 Å². The fourth-order valence-electron chi connectivity index (χ4n) is 2.72. The molecule has 0 unspecified atom stereocenters. The number of hydrogen-bond donors (Lipinski definition) is 2. The molecule has 0 radical (unpaired) electrons. The number of fused-ring (bicyclic) bond motifs is 1. The van der Waals surface area contributed by atoms with Crippen LogP contribution < -0.4 is 0 Å². The van der Waals surface area contributed by atoms with Gasteiger partial charge in [-0.3, -0.25) is 9.59 Å². The maximum Gasteiger partial charge on any atom is 0.331 e. The lowest BCUT2D eigenvalue weighted by molar-refractivity contribution is -0.143. The number of aromatic hydroxyl groups is 2. The number of hydrogen-bond acceptors (Lipinski definition) is 6. The van der Waals surface area contributed by atoms with Crippen LogP contribution in [0.1, 0.15) is 66.5 Å². The largest absolute Gasteiger partial charge is 0.507 e. The predicted molar refractivity (Wildman–Crippen MR) is 99.9 cm³/mol. The van der Waals surface area contributed by atoms with Crippen molar-refractivity contribution in [2.24, 2.45) is 0 Å². The summed E-state index contributed by atoms with van der Waals surface area (Å²) < 4.78 is 5.44. The zero-order valence-electron chi connectivity index (χ0n) is 15.7. The lowest BCUT2D eigenvalue weighted by Crippen LogP contribution is -2.16. The van der Waals surface area contributed by atoms with E-state index in [0.717, 1.165) is 29.4 Å². The molecule has 0 aliphatic heterocycles. The highest BCUT2D eigenvalue weighted by Gasteiger charge is 2.31. The maximum atomic E-state index is 12.2. The first-order valence-corrected chi connectivity index (χ1v) is 8.46. The number of carbonyl (C=O) groups excluding carboxylic acids is 3. The molecule has 142 valence electrons. The average Bonchev–Trinajstić information content (AvgIpc) is 2.56. The van der Waals surface area contributed by atoms with Crippen LogP contribution in [0, 0.1) is 0 Å². The summed E-state index contributed by atoms with van der Waals surface area (Å²) >= 11 is 0. The topological polar surface area (TPSA) is 101 Å². The van der Waals surface area contributed by atoms with E-state index in [1.807, 2.05) is 19.9 Å². The van der Waals surface area contributed by atoms with Crippen molar-refractivity contribution in [1.29, 1.82) is 0 Å². The molecule has 1 aliphatic carbocycles. The Morgan fingerprint density at radius 2 is 1.63 bits per heavy atom. The Bertz CT molecular complexity index is 894. The van der Waals surface area contributed by atoms with Crippen molar-refractivity contribution in [3.63, 3.8) is 0 Å². The van der Waals surface area contributed by atoms with Gasteiger partial charge in [0.1, 0.15) is 17.6 Å². The fourth-order valence-corrected chi connectivity index (χ4v) is 2.72. The summed E-state index contributed by atoms with van der Waals surface area (Å²) in [6.07, 6.45) is 4.49. The quantitative estimate of drug-likeness (QED) is 0.352. The molecule has 0 spiro atoms. The second-order valence-corrected chi connectivity index (χ2v) is 6.81. The van der Waals surface area contributed by atoms with Gasteiger partial charge in [-0.05, 0) is 45.9 Å². The van der Waals surface area contributed by atoms with Crippen molar-refractivity contribution in [1.82, 2.24) is 0 Å². The highest BCUT2D eigenvalue weighted by atomic mass is 16.5. The smallest absolute Gasteiger partial charge is 0.331 e. The van der Waals surface area contributed by atoms with Crippen LogP contribution in [0.25, 0.3) is 0 Å². The van der Waals surface area contributed by atoms with E-state index >= 15 is 0 Å². The number of rotatable bonds is 5. The summed E-state index contributed by atoms with van der Waals surface area (Å²) in [5, 5.41) is 20.9. The van der Waals surface area contributed by atoms with Gasteiger partial charge < -0.3 is 14.9 Å². The van der Waals surface area contributed by atoms with E-state index < -0.39 is 35.1 Å². The van der Waals surface area contributed by atoms with Crippen molar-refractivity contribution >= 4 is 17.5 Å². The standard InChI is InChI=1S/C21H22O6/c1-11(2)5-8-17(27-18(25)9-12(3)4)13-10-16(24)19-14(22)6-7-15(23)20(19)21(13)26/h5-7,9-10,17,24,26H,8H2,1-4H3/t17-/m1/s1. The summed E-state index contributed by atoms with van der Waals surface area (Å²) in [7, 11) is 0. The van der Waals surface area contributed by atoms with Crippen LogP contribution >= 0.6 is 0 Å². The van der Waals surface area contributed by atoms with E-state index in [1.165, 1.54) is 6.08 Å².